The molecule has 2 aliphatic heterocycles. The molecule has 2 saturated heterocycles. The lowest BCUT2D eigenvalue weighted by Crippen LogP contribution is -2.42. The highest BCUT2D eigenvalue weighted by Gasteiger charge is 2.41. The molecule has 0 radical (unpaired) electrons. The average Bonchev–Trinajstić information content (AvgIpc) is 3.17. The van der Waals surface area contributed by atoms with Crippen molar-refractivity contribution in [3.05, 3.63) is 41.7 Å². The summed E-state index contributed by atoms with van der Waals surface area (Å²) in [6.07, 6.45) is 6.91. The Morgan fingerprint density at radius 1 is 1.12 bits per heavy atom. The molecular formula is C19H26N4O2. The van der Waals surface area contributed by atoms with Gasteiger partial charge in [0.1, 0.15) is 11.4 Å². The number of nitrogens with zero attached hydrogens (tertiary/aromatic N) is 4. The van der Waals surface area contributed by atoms with Crippen molar-refractivity contribution in [1.29, 1.82) is 0 Å². The van der Waals surface area contributed by atoms with Gasteiger partial charge in [-0.3, -0.25) is 4.90 Å². The van der Waals surface area contributed by atoms with E-state index in [9.17, 15) is 0 Å². The van der Waals surface area contributed by atoms with Crippen molar-refractivity contribution in [2.45, 2.75) is 57.0 Å². The number of benzene rings is 1. The highest BCUT2D eigenvalue weighted by atomic mass is 16.5. The number of rotatable bonds is 6. The minimum atomic E-state index is 0.456. The van der Waals surface area contributed by atoms with Crippen molar-refractivity contribution in [3.63, 3.8) is 0 Å². The van der Waals surface area contributed by atoms with Gasteiger partial charge < -0.3 is 9.47 Å². The van der Waals surface area contributed by atoms with Crippen LogP contribution in [0, 0.1) is 0 Å². The Morgan fingerprint density at radius 3 is 2.64 bits per heavy atom. The second-order valence-corrected chi connectivity index (χ2v) is 7.16. The van der Waals surface area contributed by atoms with Crippen molar-refractivity contribution < 1.29 is 9.47 Å². The third-order valence-corrected chi connectivity index (χ3v) is 5.58. The van der Waals surface area contributed by atoms with E-state index in [0.717, 1.165) is 30.8 Å². The molecule has 2 aromatic rings. The van der Waals surface area contributed by atoms with E-state index >= 15 is 0 Å². The van der Waals surface area contributed by atoms with Gasteiger partial charge in [0.15, 0.2) is 0 Å². The van der Waals surface area contributed by atoms with Crippen LogP contribution in [0.25, 0.3) is 0 Å². The molecule has 0 saturated carbocycles. The van der Waals surface area contributed by atoms with Crippen LogP contribution in [-0.4, -0.2) is 46.2 Å². The van der Waals surface area contributed by atoms with Crippen molar-refractivity contribution in [3.8, 4) is 5.75 Å². The van der Waals surface area contributed by atoms with Gasteiger partial charge in [0, 0.05) is 25.7 Å². The van der Waals surface area contributed by atoms with Crippen LogP contribution in [0.3, 0.4) is 0 Å². The zero-order valence-electron chi connectivity index (χ0n) is 15.0. The summed E-state index contributed by atoms with van der Waals surface area (Å²) in [5, 5.41) is 8.56. The van der Waals surface area contributed by atoms with E-state index in [0.29, 0.717) is 24.7 Å². The zero-order valence-corrected chi connectivity index (χ0v) is 15.0. The molecule has 1 aromatic carbocycles. The molecule has 6 heteroatoms. The second kappa shape index (κ2) is 7.14. The largest absolute Gasteiger partial charge is 0.497 e. The lowest BCUT2D eigenvalue weighted by atomic mass is 9.96. The number of aromatic nitrogens is 3. The summed E-state index contributed by atoms with van der Waals surface area (Å²) >= 11 is 0. The van der Waals surface area contributed by atoms with E-state index in [2.05, 4.69) is 38.1 Å². The fraction of sp³-hybridized carbons (Fsp3) is 0.579. The predicted octanol–water partition coefficient (Wildman–Crippen LogP) is 2.80. The molecule has 2 bridgehead atoms. The molecule has 134 valence electrons. The van der Waals surface area contributed by atoms with Crippen LogP contribution < -0.4 is 4.74 Å². The minimum Gasteiger partial charge on any atom is -0.497 e. The third kappa shape index (κ3) is 3.41. The first-order valence-corrected chi connectivity index (χ1v) is 9.05. The van der Waals surface area contributed by atoms with E-state index in [-0.39, 0.29) is 0 Å². The Balaban J connectivity index is 1.44. The van der Waals surface area contributed by atoms with Gasteiger partial charge in [0.05, 0.1) is 26.0 Å². The monoisotopic (exact) mass is 342 g/mol. The SMILES string of the molecule is COCc1cn(C2CC3CCC(C2)N3Cc2cccc(OC)c2)nn1. The molecule has 2 fully saturated rings. The van der Waals surface area contributed by atoms with Gasteiger partial charge in [-0.1, -0.05) is 17.3 Å². The molecule has 2 aliphatic rings. The second-order valence-electron chi connectivity index (χ2n) is 7.16. The maximum Gasteiger partial charge on any atom is 0.119 e. The molecule has 2 unspecified atom stereocenters. The Morgan fingerprint density at radius 2 is 1.92 bits per heavy atom. The quantitative estimate of drug-likeness (QED) is 0.808. The summed E-state index contributed by atoms with van der Waals surface area (Å²) in [4.78, 5) is 2.68. The molecule has 4 rings (SSSR count). The molecule has 25 heavy (non-hydrogen) atoms. The van der Waals surface area contributed by atoms with Crippen molar-refractivity contribution in [2.24, 2.45) is 0 Å². The zero-order chi connectivity index (χ0) is 17.2. The lowest BCUT2D eigenvalue weighted by Gasteiger charge is -2.38. The molecule has 3 heterocycles. The van der Waals surface area contributed by atoms with Crippen molar-refractivity contribution in [2.75, 3.05) is 14.2 Å². The molecule has 0 N–H and O–H groups in total. The summed E-state index contributed by atoms with van der Waals surface area (Å²) in [7, 11) is 3.42. The maximum absolute atomic E-state index is 5.36. The van der Waals surface area contributed by atoms with Crippen molar-refractivity contribution >= 4 is 0 Å². The number of piperidine rings is 1. The van der Waals surface area contributed by atoms with Crippen LogP contribution in [0.5, 0.6) is 5.75 Å². The van der Waals surface area contributed by atoms with Crippen LogP contribution in [0.2, 0.25) is 0 Å². The molecule has 0 spiro atoms. The van der Waals surface area contributed by atoms with Crippen LogP contribution in [0.15, 0.2) is 30.5 Å². The Hall–Kier alpha value is -1.92. The summed E-state index contributed by atoms with van der Waals surface area (Å²) in [5.41, 5.74) is 2.24. The van der Waals surface area contributed by atoms with Gasteiger partial charge in [0.2, 0.25) is 0 Å². The Bertz CT molecular complexity index is 703. The number of methoxy groups -OCH3 is 2. The first-order valence-electron chi connectivity index (χ1n) is 9.05. The Labute approximate surface area is 148 Å². The lowest BCUT2D eigenvalue weighted by molar-refractivity contribution is 0.0943. The van der Waals surface area contributed by atoms with Crippen LogP contribution in [0.1, 0.15) is 43.0 Å². The normalized spacial score (nSPS) is 26.1. The fourth-order valence-electron chi connectivity index (χ4n) is 4.41. The minimum absolute atomic E-state index is 0.456. The van der Waals surface area contributed by atoms with Gasteiger partial charge >= 0.3 is 0 Å². The van der Waals surface area contributed by atoms with Crippen LogP contribution in [-0.2, 0) is 17.9 Å². The summed E-state index contributed by atoms with van der Waals surface area (Å²) in [5.74, 6) is 0.938. The third-order valence-electron chi connectivity index (χ3n) is 5.58. The summed E-state index contributed by atoms with van der Waals surface area (Å²) in [6, 6.07) is 10.2. The summed E-state index contributed by atoms with van der Waals surface area (Å²) in [6.45, 7) is 1.53. The molecule has 0 amide bonds. The van der Waals surface area contributed by atoms with E-state index in [4.69, 9.17) is 9.47 Å². The van der Waals surface area contributed by atoms with Crippen LogP contribution >= 0.6 is 0 Å². The predicted molar refractivity (Wildman–Crippen MR) is 94.4 cm³/mol. The van der Waals surface area contributed by atoms with Gasteiger partial charge in [0.25, 0.3) is 0 Å². The molecule has 6 nitrogen and oxygen atoms in total. The van der Waals surface area contributed by atoms with E-state index in [1.54, 1.807) is 14.2 Å². The van der Waals surface area contributed by atoms with Gasteiger partial charge in [-0.05, 0) is 43.4 Å². The molecule has 2 atom stereocenters. The first-order chi connectivity index (χ1) is 12.3. The number of hydrogen-bond acceptors (Lipinski definition) is 5. The van der Waals surface area contributed by atoms with Gasteiger partial charge in [-0.2, -0.15) is 0 Å². The van der Waals surface area contributed by atoms with E-state index < -0.39 is 0 Å². The van der Waals surface area contributed by atoms with Gasteiger partial charge in [-0.25, -0.2) is 4.68 Å². The molecule has 1 aromatic heterocycles. The van der Waals surface area contributed by atoms with Gasteiger partial charge in [-0.15, -0.1) is 5.10 Å². The maximum atomic E-state index is 5.36. The molecule has 0 aliphatic carbocycles. The van der Waals surface area contributed by atoms with Crippen LogP contribution in [0.4, 0.5) is 0 Å². The van der Waals surface area contributed by atoms with E-state index in [1.807, 2.05) is 12.3 Å². The topological polar surface area (TPSA) is 52.4 Å². The summed E-state index contributed by atoms with van der Waals surface area (Å²) < 4.78 is 12.6. The number of hydrogen-bond donors (Lipinski definition) is 0. The highest BCUT2D eigenvalue weighted by molar-refractivity contribution is 5.28. The average molecular weight is 342 g/mol. The van der Waals surface area contributed by atoms with E-state index in [1.165, 1.54) is 18.4 Å². The number of ether oxygens (including phenoxy) is 2. The first kappa shape index (κ1) is 16.5. The highest BCUT2D eigenvalue weighted by Crippen LogP contribution is 2.41. The smallest absolute Gasteiger partial charge is 0.119 e. The van der Waals surface area contributed by atoms with Crippen molar-refractivity contribution in [1.82, 2.24) is 19.9 Å². The Kier molecular flexibility index (Phi) is 4.72. The standard InChI is InChI=1S/C19H26N4O2/c1-24-13-15-12-23(21-20-15)18-9-16-6-7-17(10-18)22(16)11-14-4-3-5-19(8-14)25-2/h3-5,8,12,16-18H,6-7,9-11,13H2,1-2H3. The molecular weight excluding hydrogens is 316 g/mol. The fourth-order valence-corrected chi connectivity index (χ4v) is 4.41. The number of fused-ring (bicyclic) bond motifs is 2.